The SMILES string of the molecule is CCC1CCCCN1c1ccc(NC(=O)c2ccccc2OC)cc1. The molecule has 4 nitrogen and oxygen atoms in total. The van der Waals surface area contributed by atoms with E-state index < -0.39 is 0 Å². The van der Waals surface area contributed by atoms with Gasteiger partial charge in [0, 0.05) is 24.0 Å². The summed E-state index contributed by atoms with van der Waals surface area (Å²) in [7, 11) is 1.57. The lowest BCUT2D eigenvalue weighted by atomic mass is 9.99. The van der Waals surface area contributed by atoms with Crippen LogP contribution in [0.25, 0.3) is 0 Å². The first kappa shape index (κ1) is 17.3. The third-order valence-corrected chi connectivity index (χ3v) is 4.91. The van der Waals surface area contributed by atoms with Gasteiger partial charge >= 0.3 is 0 Å². The van der Waals surface area contributed by atoms with Crippen LogP contribution in [0.3, 0.4) is 0 Å². The van der Waals surface area contributed by atoms with Crippen LogP contribution in [0.2, 0.25) is 0 Å². The van der Waals surface area contributed by atoms with E-state index in [1.54, 1.807) is 19.2 Å². The van der Waals surface area contributed by atoms with Crippen LogP contribution in [0.15, 0.2) is 48.5 Å². The molecule has 1 amide bonds. The maximum absolute atomic E-state index is 12.5. The van der Waals surface area contributed by atoms with Gasteiger partial charge in [-0.1, -0.05) is 19.1 Å². The molecule has 0 radical (unpaired) electrons. The Morgan fingerprint density at radius 2 is 1.92 bits per heavy atom. The highest BCUT2D eigenvalue weighted by Gasteiger charge is 2.21. The first-order valence-corrected chi connectivity index (χ1v) is 9.04. The van der Waals surface area contributed by atoms with Crippen LogP contribution in [0.1, 0.15) is 43.0 Å². The maximum atomic E-state index is 12.5. The number of carbonyl (C=O) groups is 1. The molecule has 1 N–H and O–H groups in total. The van der Waals surface area contributed by atoms with Gasteiger partial charge in [0.2, 0.25) is 0 Å². The number of para-hydroxylation sites is 1. The van der Waals surface area contributed by atoms with Gasteiger partial charge < -0.3 is 15.0 Å². The molecule has 0 aliphatic carbocycles. The highest BCUT2D eigenvalue weighted by atomic mass is 16.5. The van der Waals surface area contributed by atoms with Crippen molar-refractivity contribution >= 4 is 17.3 Å². The summed E-state index contributed by atoms with van der Waals surface area (Å²) < 4.78 is 5.26. The van der Waals surface area contributed by atoms with E-state index >= 15 is 0 Å². The molecule has 1 aliphatic heterocycles. The topological polar surface area (TPSA) is 41.6 Å². The van der Waals surface area contributed by atoms with Crippen molar-refractivity contribution in [1.82, 2.24) is 0 Å². The lowest BCUT2D eigenvalue weighted by molar-refractivity contribution is 0.102. The minimum absolute atomic E-state index is 0.158. The summed E-state index contributed by atoms with van der Waals surface area (Å²) in [5, 5.41) is 2.95. The molecule has 1 unspecified atom stereocenters. The quantitative estimate of drug-likeness (QED) is 0.858. The van der Waals surface area contributed by atoms with Crippen molar-refractivity contribution in [2.45, 2.75) is 38.6 Å². The predicted molar refractivity (Wildman–Crippen MR) is 103 cm³/mol. The Labute approximate surface area is 149 Å². The van der Waals surface area contributed by atoms with E-state index in [1.807, 2.05) is 24.3 Å². The lowest BCUT2D eigenvalue weighted by Gasteiger charge is -2.37. The maximum Gasteiger partial charge on any atom is 0.259 e. The van der Waals surface area contributed by atoms with Crippen molar-refractivity contribution in [3.8, 4) is 5.75 Å². The molecule has 0 aromatic heterocycles. The van der Waals surface area contributed by atoms with Crippen molar-refractivity contribution in [2.24, 2.45) is 0 Å². The standard InChI is InChI=1S/C21H26N2O2/c1-3-17-8-6-7-15-23(17)18-13-11-16(12-14-18)22-21(24)19-9-4-5-10-20(19)25-2/h4-5,9-14,17H,3,6-8,15H2,1-2H3,(H,22,24). The molecule has 1 aliphatic rings. The summed E-state index contributed by atoms with van der Waals surface area (Å²) in [6.45, 7) is 3.37. The van der Waals surface area contributed by atoms with Crippen molar-refractivity contribution in [2.75, 3.05) is 23.9 Å². The zero-order valence-electron chi connectivity index (χ0n) is 15.0. The molecular weight excluding hydrogens is 312 g/mol. The zero-order valence-corrected chi connectivity index (χ0v) is 15.0. The number of rotatable bonds is 5. The first-order valence-electron chi connectivity index (χ1n) is 9.04. The molecule has 0 spiro atoms. The molecule has 132 valence electrons. The second-order valence-corrected chi connectivity index (χ2v) is 6.45. The van der Waals surface area contributed by atoms with Crippen molar-refractivity contribution in [3.05, 3.63) is 54.1 Å². The van der Waals surface area contributed by atoms with Crippen molar-refractivity contribution < 1.29 is 9.53 Å². The number of piperidine rings is 1. The third kappa shape index (κ3) is 3.95. The van der Waals surface area contributed by atoms with Crippen LogP contribution < -0.4 is 15.0 Å². The molecule has 1 fully saturated rings. The normalized spacial score (nSPS) is 17.2. The smallest absolute Gasteiger partial charge is 0.259 e. The number of anilines is 2. The number of nitrogens with one attached hydrogen (secondary N) is 1. The number of carbonyl (C=O) groups excluding carboxylic acids is 1. The van der Waals surface area contributed by atoms with E-state index in [1.165, 1.54) is 31.4 Å². The fourth-order valence-electron chi connectivity index (χ4n) is 3.53. The van der Waals surface area contributed by atoms with Gasteiger partial charge in [-0.25, -0.2) is 0 Å². The van der Waals surface area contributed by atoms with Gasteiger partial charge in [0.15, 0.2) is 0 Å². The molecule has 0 saturated carbocycles. The average Bonchev–Trinajstić information content (AvgIpc) is 2.68. The van der Waals surface area contributed by atoms with Gasteiger partial charge in [0.05, 0.1) is 12.7 Å². The minimum atomic E-state index is -0.158. The highest BCUT2D eigenvalue weighted by Crippen LogP contribution is 2.28. The molecule has 2 aromatic carbocycles. The van der Waals surface area contributed by atoms with E-state index in [2.05, 4.69) is 29.3 Å². The van der Waals surface area contributed by atoms with Crippen molar-refractivity contribution in [3.63, 3.8) is 0 Å². The van der Waals surface area contributed by atoms with E-state index in [4.69, 9.17) is 4.74 Å². The largest absolute Gasteiger partial charge is 0.496 e. The van der Waals surface area contributed by atoms with E-state index in [0.717, 1.165) is 12.2 Å². The Kier molecular flexibility index (Phi) is 5.59. The molecule has 3 rings (SSSR count). The van der Waals surface area contributed by atoms with Crippen LogP contribution in [0.4, 0.5) is 11.4 Å². The van der Waals surface area contributed by atoms with Gasteiger partial charge in [0.1, 0.15) is 5.75 Å². The van der Waals surface area contributed by atoms with Crippen LogP contribution in [0.5, 0.6) is 5.75 Å². The first-order chi connectivity index (χ1) is 12.2. The number of hydrogen-bond acceptors (Lipinski definition) is 3. The lowest BCUT2D eigenvalue weighted by Crippen LogP contribution is -2.39. The fraction of sp³-hybridized carbons (Fsp3) is 0.381. The van der Waals surface area contributed by atoms with Gasteiger partial charge in [-0.15, -0.1) is 0 Å². The van der Waals surface area contributed by atoms with Crippen molar-refractivity contribution in [1.29, 1.82) is 0 Å². The van der Waals surface area contributed by atoms with E-state index in [0.29, 0.717) is 17.4 Å². The molecule has 1 saturated heterocycles. The molecule has 4 heteroatoms. The summed E-state index contributed by atoms with van der Waals surface area (Å²) in [4.78, 5) is 15.0. The van der Waals surface area contributed by atoms with Crippen LogP contribution in [0, 0.1) is 0 Å². The third-order valence-electron chi connectivity index (χ3n) is 4.91. The van der Waals surface area contributed by atoms with Crippen LogP contribution in [-0.2, 0) is 0 Å². The molecular formula is C21H26N2O2. The molecule has 0 bridgehead atoms. The minimum Gasteiger partial charge on any atom is -0.496 e. The number of methoxy groups -OCH3 is 1. The van der Waals surface area contributed by atoms with Gasteiger partial charge in [-0.05, 0) is 62.1 Å². The molecule has 1 atom stereocenters. The Morgan fingerprint density at radius 1 is 1.16 bits per heavy atom. The van der Waals surface area contributed by atoms with Crippen LogP contribution >= 0.6 is 0 Å². The summed E-state index contributed by atoms with van der Waals surface area (Å²) in [6, 6.07) is 16.0. The fourth-order valence-corrected chi connectivity index (χ4v) is 3.53. The zero-order chi connectivity index (χ0) is 17.6. The number of nitrogens with zero attached hydrogens (tertiary/aromatic N) is 1. The Hall–Kier alpha value is -2.49. The second-order valence-electron chi connectivity index (χ2n) is 6.45. The number of ether oxygens (including phenoxy) is 1. The summed E-state index contributed by atoms with van der Waals surface area (Å²) in [5.74, 6) is 0.422. The summed E-state index contributed by atoms with van der Waals surface area (Å²) in [6.07, 6.45) is 5.01. The van der Waals surface area contributed by atoms with E-state index in [9.17, 15) is 4.79 Å². The second kappa shape index (κ2) is 8.06. The molecule has 2 aromatic rings. The summed E-state index contributed by atoms with van der Waals surface area (Å²) in [5.41, 5.74) is 2.57. The highest BCUT2D eigenvalue weighted by molar-refractivity contribution is 6.06. The summed E-state index contributed by atoms with van der Waals surface area (Å²) >= 11 is 0. The van der Waals surface area contributed by atoms with Gasteiger partial charge in [0.25, 0.3) is 5.91 Å². The predicted octanol–water partition coefficient (Wildman–Crippen LogP) is 4.72. The number of amides is 1. The van der Waals surface area contributed by atoms with Crippen LogP contribution in [-0.4, -0.2) is 25.6 Å². The number of hydrogen-bond donors (Lipinski definition) is 1. The van der Waals surface area contributed by atoms with Gasteiger partial charge in [-0.2, -0.15) is 0 Å². The van der Waals surface area contributed by atoms with Gasteiger partial charge in [-0.3, -0.25) is 4.79 Å². The van der Waals surface area contributed by atoms with E-state index in [-0.39, 0.29) is 5.91 Å². The Balaban J connectivity index is 1.71. The molecule has 25 heavy (non-hydrogen) atoms. The number of benzene rings is 2. The Morgan fingerprint density at radius 3 is 2.64 bits per heavy atom. The molecule has 1 heterocycles. The monoisotopic (exact) mass is 338 g/mol. The Bertz CT molecular complexity index is 712. The average molecular weight is 338 g/mol.